The Labute approximate surface area is 286 Å². The molecular formula is C40H54O5Si2. The van der Waals surface area contributed by atoms with Crippen molar-refractivity contribution in [2.75, 3.05) is 26.4 Å². The summed E-state index contributed by atoms with van der Waals surface area (Å²) >= 11 is 0. The molecule has 252 valence electrons. The maximum absolute atomic E-state index is 8.07. The molecule has 4 aromatic rings. The van der Waals surface area contributed by atoms with Crippen LogP contribution in [0.2, 0.25) is 0 Å². The highest BCUT2D eigenvalue weighted by Crippen LogP contribution is 2.24. The fourth-order valence-electron chi connectivity index (χ4n) is 6.60. The number of ether oxygens (including phenoxy) is 4. The van der Waals surface area contributed by atoms with Gasteiger partial charge in [-0.25, -0.2) is 0 Å². The van der Waals surface area contributed by atoms with E-state index in [9.17, 15) is 0 Å². The molecule has 4 rings (SSSR count). The second kappa shape index (κ2) is 18.1. The Morgan fingerprint density at radius 1 is 0.362 bits per heavy atom. The summed E-state index contributed by atoms with van der Waals surface area (Å²) in [6.45, 7) is 19.4. The van der Waals surface area contributed by atoms with E-state index in [1.54, 1.807) is 0 Å². The molecule has 0 aliphatic rings. The lowest BCUT2D eigenvalue weighted by molar-refractivity contribution is 0.340. The van der Waals surface area contributed by atoms with E-state index in [0.717, 1.165) is 48.7 Å². The molecule has 0 aliphatic carbocycles. The van der Waals surface area contributed by atoms with Crippen LogP contribution in [0.25, 0.3) is 0 Å². The van der Waals surface area contributed by atoms with Crippen LogP contribution >= 0.6 is 0 Å². The summed E-state index contributed by atoms with van der Waals surface area (Å²) in [5.41, 5.74) is 5.04. The first kappa shape index (κ1) is 36.3. The fraction of sp³-hybridized carbons (Fsp3) is 0.400. The molecule has 5 nitrogen and oxygen atoms in total. The van der Waals surface area contributed by atoms with Crippen LogP contribution in [0.4, 0.5) is 0 Å². The molecule has 47 heavy (non-hydrogen) atoms. The van der Waals surface area contributed by atoms with Crippen molar-refractivity contribution in [3.8, 4) is 23.0 Å². The summed E-state index contributed by atoms with van der Waals surface area (Å²) < 4.78 is 33.8. The summed E-state index contributed by atoms with van der Waals surface area (Å²) in [6, 6.07) is 25.9. The molecule has 0 radical (unpaired) electrons. The van der Waals surface area contributed by atoms with E-state index < -0.39 is 18.1 Å². The topological polar surface area (TPSA) is 46.2 Å². The van der Waals surface area contributed by atoms with Gasteiger partial charge in [-0.1, -0.05) is 76.2 Å². The van der Waals surface area contributed by atoms with Crippen molar-refractivity contribution >= 4 is 38.8 Å². The van der Waals surface area contributed by atoms with Crippen LogP contribution in [0.3, 0.4) is 0 Å². The summed E-state index contributed by atoms with van der Waals surface area (Å²) in [6.07, 6.45) is 3.50. The zero-order chi connectivity index (χ0) is 33.8. The van der Waals surface area contributed by atoms with Gasteiger partial charge in [0.15, 0.2) is 0 Å². The van der Waals surface area contributed by atoms with E-state index in [2.05, 4.69) is 128 Å². The molecule has 0 saturated heterocycles. The van der Waals surface area contributed by atoms with Gasteiger partial charge in [0, 0.05) is 20.7 Å². The second-order valence-corrected chi connectivity index (χ2v) is 16.3. The molecule has 0 amide bonds. The van der Waals surface area contributed by atoms with E-state index in [1.807, 2.05) is 0 Å². The van der Waals surface area contributed by atoms with Gasteiger partial charge in [0.05, 0.1) is 26.4 Å². The standard InChI is InChI=1S/C40H54O5Si2/c1-9-29-21-17-25-33(41-13-5)37(29)46(38-30(10-2)22-18-26-34(38)42-14-6)45-47(39-31(11-3)23-19-27-35(39)43-15-7)40-32(12-4)24-20-28-36(40)44-16-8/h17-28,46-47H,9-16H2,1-8H3. The van der Waals surface area contributed by atoms with Gasteiger partial charge in [-0.05, 0) is 99.9 Å². The average Bonchev–Trinajstić information content (AvgIpc) is 3.10. The number of benzene rings is 4. The van der Waals surface area contributed by atoms with Gasteiger partial charge in [-0.2, -0.15) is 0 Å². The van der Waals surface area contributed by atoms with Gasteiger partial charge in [-0.15, -0.1) is 0 Å². The fourth-order valence-corrected chi connectivity index (χ4v) is 14.7. The van der Waals surface area contributed by atoms with Crippen LogP contribution in [0.1, 0.15) is 77.6 Å². The minimum absolute atomic E-state index is 0.580. The van der Waals surface area contributed by atoms with Crippen molar-refractivity contribution in [1.29, 1.82) is 0 Å². The Bertz CT molecular complexity index is 1360. The van der Waals surface area contributed by atoms with Crippen molar-refractivity contribution in [3.05, 3.63) is 95.1 Å². The maximum atomic E-state index is 8.07. The van der Waals surface area contributed by atoms with Gasteiger partial charge in [-0.3, -0.25) is 0 Å². The normalized spacial score (nSPS) is 11.3. The first-order chi connectivity index (χ1) is 23.0. The van der Waals surface area contributed by atoms with E-state index in [1.165, 1.54) is 43.0 Å². The molecule has 0 bridgehead atoms. The predicted molar refractivity (Wildman–Crippen MR) is 202 cm³/mol. The minimum Gasteiger partial charge on any atom is -0.494 e. The SMILES string of the molecule is CCOc1cccc(CC)c1[SiH](O[SiH](c1c(CC)cccc1OCC)c1c(CC)cccc1OCC)c1c(CC)cccc1OCC. The van der Waals surface area contributed by atoms with E-state index >= 15 is 0 Å². The van der Waals surface area contributed by atoms with Crippen molar-refractivity contribution in [3.63, 3.8) is 0 Å². The highest BCUT2D eigenvalue weighted by molar-refractivity contribution is 6.93. The summed E-state index contributed by atoms with van der Waals surface area (Å²) in [7, 11) is -5.10. The lowest BCUT2D eigenvalue weighted by Crippen LogP contribution is -2.59. The molecule has 0 fully saturated rings. The van der Waals surface area contributed by atoms with E-state index in [-0.39, 0.29) is 0 Å². The van der Waals surface area contributed by atoms with Crippen molar-refractivity contribution in [2.24, 2.45) is 0 Å². The number of hydrogen-bond donors (Lipinski definition) is 0. The first-order valence-corrected chi connectivity index (χ1v) is 20.9. The Kier molecular flexibility index (Phi) is 14.0. The van der Waals surface area contributed by atoms with Gasteiger partial charge in [0.25, 0.3) is 0 Å². The minimum atomic E-state index is -2.55. The quantitative estimate of drug-likeness (QED) is 0.123. The average molecular weight is 671 g/mol. The van der Waals surface area contributed by atoms with Crippen LogP contribution in [-0.2, 0) is 29.8 Å². The number of hydrogen-bond acceptors (Lipinski definition) is 5. The third-order valence-electron chi connectivity index (χ3n) is 8.67. The molecule has 4 aromatic carbocycles. The summed E-state index contributed by atoms with van der Waals surface area (Å²) in [5.74, 6) is 3.64. The molecule has 0 heterocycles. The molecule has 0 unspecified atom stereocenters. The van der Waals surface area contributed by atoms with Crippen molar-refractivity contribution in [2.45, 2.75) is 81.1 Å². The Morgan fingerprint density at radius 2 is 0.596 bits per heavy atom. The molecule has 0 atom stereocenters. The number of rotatable bonds is 18. The van der Waals surface area contributed by atoms with Crippen LogP contribution in [0.5, 0.6) is 23.0 Å². The Morgan fingerprint density at radius 3 is 0.787 bits per heavy atom. The zero-order valence-electron chi connectivity index (χ0n) is 29.8. The molecule has 0 saturated carbocycles. The summed E-state index contributed by atoms with van der Waals surface area (Å²) in [5, 5.41) is 4.82. The largest absolute Gasteiger partial charge is 0.494 e. The molecule has 0 N–H and O–H groups in total. The number of aryl methyl sites for hydroxylation is 4. The lowest BCUT2D eigenvalue weighted by Gasteiger charge is -2.32. The smallest absolute Gasteiger partial charge is 0.236 e. The monoisotopic (exact) mass is 670 g/mol. The van der Waals surface area contributed by atoms with Gasteiger partial charge in [0.1, 0.15) is 23.0 Å². The highest BCUT2D eigenvalue weighted by atomic mass is 28.4. The second-order valence-electron chi connectivity index (χ2n) is 11.4. The zero-order valence-corrected chi connectivity index (χ0v) is 32.1. The molecular weight excluding hydrogens is 617 g/mol. The first-order valence-electron chi connectivity index (χ1n) is 17.6. The molecule has 0 aliphatic heterocycles. The van der Waals surface area contributed by atoms with E-state index in [0.29, 0.717) is 26.4 Å². The van der Waals surface area contributed by atoms with Gasteiger partial charge < -0.3 is 23.1 Å². The van der Waals surface area contributed by atoms with Gasteiger partial charge in [0.2, 0.25) is 18.1 Å². The van der Waals surface area contributed by atoms with Gasteiger partial charge >= 0.3 is 0 Å². The highest BCUT2D eigenvalue weighted by Gasteiger charge is 2.37. The molecule has 0 spiro atoms. The van der Waals surface area contributed by atoms with Crippen LogP contribution < -0.4 is 39.7 Å². The van der Waals surface area contributed by atoms with Crippen molar-refractivity contribution < 1.29 is 23.1 Å². The summed E-state index contributed by atoms with van der Waals surface area (Å²) in [4.78, 5) is 0. The third kappa shape index (κ3) is 8.14. The molecule has 0 aromatic heterocycles. The Hall–Kier alpha value is -3.53. The maximum Gasteiger partial charge on any atom is 0.236 e. The lowest BCUT2D eigenvalue weighted by atomic mass is 10.1. The predicted octanol–water partition coefficient (Wildman–Crippen LogP) is 5.92. The van der Waals surface area contributed by atoms with Crippen LogP contribution in [0, 0.1) is 0 Å². The Balaban J connectivity index is 2.17. The molecule has 7 heteroatoms. The van der Waals surface area contributed by atoms with Crippen LogP contribution in [0.15, 0.2) is 72.8 Å². The van der Waals surface area contributed by atoms with Crippen molar-refractivity contribution in [1.82, 2.24) is 0 Å². The third-order valence-corrected chi connectivity index (χ3v) is 15.6. The van der Waals surface area contributed by atoms with E-state index in [4.69, 9.17) is 23.1 Å². The van der Waals surface area contributed by atoms with Crippen LogP contribution in [-0.4, -0.2) is 44.5 Å².